The van der Waals surface area contributed by atoms with Gasteiger partial charge in [0, 0.05) is 32.9 Å². The fourth-order valence-electron chi connectivity index (χ4n) is 2.71. The largest absolute Gasteiger partial charge is 0.359 e. The van der Waals surface area contributed by atoms with Crippen LogP contribution >= 0.6 is 0 Å². The van der Waals surface area contributed by atoms with Crippen molar-refractivity contribution < 1.29 is 0 Å². The molecule has 4 rings (SSSR count). The minimum absolute atomic E-state index is 0.624. The molecule has 1 aliphatic carbocycles. The Morgan fingerprint density at radius 1 is 1.17 bits per heavy atom. The average Bonchev–Trinajstić information content (AvgIpc) is 3.37. The predicted molar refractivity (Wildman–Crippen MR) is 93.3 cm³/mol. The summed E-state index contributed by atoms with van der Waals surface area (Å²) < 4.78 is 4.65. The lowest BCUT2D eigenvalue weighted by atomic mass is 10.1. The Morgan fingerprint density at radius 2 is 1.96 bits per heavy atom. The van der Waals surface area contributed by atoms with Gasteiger partial charge in [0.15, 0.2) is 0 Å². The van der Waals surface area contributed by atoms with Crippen LogP contribution in [0.4, 0.5) is 5.69 Å². The molecule has 0 amide bonds. The molecule has 1 saturated carbocycles. The number of hydrogen-bond donors (Lipinski definition) is 2. The molecule has 2 aromatic carbocycles. The van der Waals surface area contributed by atoms with Gasteiger partial charge in [0.05, 0.1) is 17.3 Å². The molecule has 1 aromatic heterocycles. The van der Waals surface area contributed by atoms with Crippen LogP contribution in [0.3, 0.4) is 0 Å². The molecule has 23 heavy (non-hydrogen) atoms. The zero-order valence-corrected chi connectivity index (χ0v) is 13.3. The molecule has 1 fully saturated rings. The Balaban J connectivity index is 1.69. The molecule has 3 aromatic rings. The van der Waals surface area contributed by atoms with Crippen LogP contribution in [-0.4, -0.2) is 4.98 Å². The van der Waals surface area contributed by atoms with E-state index in [4.69, 9.17) is 10.4 Å². The van der Waals surface area contributed by atoms with Gasteiger partial charge in [0.25, 0.3) is 0 Å². The van der Waals surface area contributed by atoms with Crippen LogP contribution in [0.2, 0.25) is 0 Å². The van der Waals surface area contributed by atoms with E-state index in [1.807, 2.05) is 18.3 Å². The summed E-state index contributed by atoms with van der Waals surface area (Å²) in [6.07, 6.45) is 4.44. The van der Waals surface area contributed by atoms with Crippen LogP contribution in [0, 0.1) is 11.3 Å². The summed E-state index contributed by atoms with van der Waals surface area (Å²) in [6, 6.07) is 16.2. The Bertz CT molecular complexity index is 943. The molecule has 0 aliphatic heterocycles. The van der Waals surface area contributed by atoms with Crippen LogP contribution in [0.25, 0.3) is 10.9 Å². The van der Waals surface area contributed by atoms with Gasteiger partial charge in [-0.1, -0.05) is 12.1 Å². The van der Waals surface area contributed by atoms with Crippen molar-refractivity contribution in [3.8, 4) is 6.07 Å². The third kappa shape index (κ3) is 2.79. The topological polar surface area (TPSA) is 78.0 Å². The lowest BCUT2D eigenvalue weighted by molar-refractivity contribution is 1.12. The highest BCUT2D eigenvalue weighted by Gasteiger charge is 2.23. The average molecular weight is 320 g/mol. The number of hydrogen-bond acceptors (Lipinski definition) is 2. The van der Waals surface area contributed by atoms with E-state index in [0.29, 0.717) is 5.56 Å². The summed E-state index contributed by atoms with van der Waals surface area (Å²) in [7, 11) is -0.706. The van der Waals surface area contributed by atoms with Crippen LogP contribution in [0.1, 0.15) is 29.9 Å². The zero-order valence-electron chi connectivity index (χ0n) is 12.5. The number of H-pyrrole nitrogens is 1. The van der Waals surface area contributed by atoms with Gasteiger partial charge >= 0.3 is 0 Å². The number of rotatable bonds is 3. The first-order valence-electron chi connectivity index (χ1n) is 7.56. The van der Waals surface area contributed by atoms with Crippen LogP contribution in [0.5, 0.6) is 0 Å². The molecule has 0 bridgehead atoms. The van der Waals surface area contributed by atoms with Crippen molar-refractivity contribution >= 4 is 27.5 Å². The number of nitrogens with two attached hydrogens (primary N) is 1. The van der Waals surface area contributed by atoms with E-state index in [1.54, 1.807) is 6.07 Å². The summed E-state index contributed by atoms with van der Waals surface area (Å²) in [4.78, 5) is 4.20. The van der Waals surface area contributed by atoms with E-state index in [1.165, 1.54) is 18.4 Å². The van der Waals surface area contributed by atoms with Gasteiger partial charge in [0.2, 0.25) is 0 Å². The number of benzene rings is 2. The Labute approximate surface area is 137 Å². The second-order valence-corrected chi connectivity index (χ2v) is 7.08. The maximum Gasteiger partial charge on any atom is 0.0991 e. The van der Waals surface area contributed by atoms with Crippen LogP contribution < -0.4 is 5.14 Å². The van der Waals surface area contributed by atoms with Crippen LogP contribution in [0.15, 0.2) is 57.9 Å². The first kappa shape index (κ1) is 14.2. The molecule has 1 atom stereocenters. The van der Waals surface area contributed by atoms with Gasteiger partial charge in [-0.25, -0.2) is 4.36 Å². The molecule has 1 aliphatic rings. The maximum absolute atomic E-state index is 9.05. The van der Waals surface area contributed by atoms with Crippen molar-refractivity contribution in [1.82, 2.24) is 4.98 Å². The maximum atomic E-state index is 9.05. The highest BCUT2D eigenvalue weighted by atomic mass is 32.2. The molecule has 114 valence electrons. The van der Waals surface area contributed by atoms with Gasteiger partial charge in [-0.3, -0.25) is 5.14 Å². The monoisotopic (exact) mass is 320 g/mol. The molecule has 1 heterocycles. The van der Waals surface area contributed by atoms with E-state index in [2.05, 4.69) is 39.7 Å². The highest BCUT2D eigenvalue weighted by molar-refractivity contribution is 7.85. The second kappa shape index (κ2) is 5.65. The van der Waals surface area contributed by atoms with E-state index < -0.39 is 10.9 Å². The van der Waals surface area contributed by atoms with Crippen molar-refractivity contribution in [2.45, 2.75) is 23.7 Å². The SMILES string of the molecule is N#Cc1ccc2[nH]cc(N=S(N)c3ccc(C4CC4)cc3)c2c1. The van der Waals surface area contributed by atoms with Crippen molar-refractivity contribution in [1.29, 1.82) is 5.26 Å². The van der Waals surface area contributed by atoms with Crippen molar-refractivity contribution in [3.63, 3.8) is 0 Å². The number of fused-ring (bicyclic) bond motifs is 1. The molecule has 3 N–H and O–H groups in total. The minimum Gasteiger partial charge on any atom is -0.359 e. The Morgan fingerprint density at radius 3 is 2.65 bits per heavy atom. The molecule has 0 saturated heterocycles. The van der Waals surface area contributed by atoms with E-state index >= 15 is 0 Å². The van der Waals surface area contributed by atoms with Gasteiger partial charge in [-0.2, -0.15) is 5.26 Å². The third-order valence-electron chi connectivity index (χ3n) is 4.16. The highest BCUT2D eigenvalue weighted by Crippen LogP contribution is 2.40. The lowest BCUT2D eigenvalue weighted by Crippen LogP contribution is -2.02. The summed E-state index contributed by atoms with van der Waals surface area (Å²) >= 11 is 0. The summed E-state index contributed by atoms with van der Waals surface area (Å²) in [5.74, 6) is 0.749. The second-order valence-electron chi connectivity index (χ2n) is 5.80. The van der Waals surface area contributed by atoms with Crippen LogP contribution in [-0.2, 0) is 10.9 Å². The number of nitrogens with one attached hydrogen (secondary N) is 1. The first-order valence-corrected chi connectivity index (χ1v) is 8.81. The quantitative estimate of drug-likeness (QED) is 0.755. The molecule has 5 heteroatoms. The molecular weight excluding hydrogens is 304 g/mol. The smallest absolute Gasteiger partial charge is 0.0991 e. The van der Waals surface area contributed by atoms with E-state index in [9.17, 15) is 0 Å². The van der Waals surface area contributed by atoms with Crippen molar-refractivity contribution in [2.75, 3.05) is 0 Å². The van der Waals surface area contributed by atoms with E-state index in [0.717, 1.165) is 27.4 Å². The number of aromatic nitrogens is 1. The summed E-state index contributed by atoms with van der Waals surface area (Å²) in [5, 5.41) is 16.3. The molecule has 0 radical (unpaired) electrons. The van der Waals surface area contributed by atoms with Crippen molar-refractivity contribution in [2.24, 2.45) is 9.50 Å². The van der Waals surface area contributed by atoms with E-state index in [-0.39, 0.29) is 0 Å². The van der Waals surface area contributed by atoms with Gasteiger partial charge < -0.3 is 4.98 Å². The minimum atomic E-state index is -0.706. The molecular formula is C18H16N4S. The third-order valence-corrected chi connectivity index (χ3v) is 5.30. The fourth-order valence-corrected chi connectivity index (χ4v) is 3.59. The van der Waals surface area contributed by atoms with Gasteiger partial charge in [-0.15, -0.1) is 0 Å². The van der Waals surface area contributed by atoms with Crippen molar-refractivity contribution in [3.05, 3.63) is 59.8 Å². The number of aromatic amines is 1. The predicted octanol–water partition coefficient (Wildman–Crippen LogP) is 4.28. The zero-order chi connectivity index (χ0) is 15.8. The standard InChI is InChI=1S/C18H16N4S/c19-10-12-1-8-17-16(9-12)18(11-21-17)22-23(20)15-6-4-14(5-7-15)13-2-3-13/h1,4-9,11,13,21H,2-3H2,(H2,20,22). The normalized spacial score (nSPS) is 15.7. The fraction of sp³-hybridized carbons (Fsp3) is 0.167. The van der Waals surface area contributed by atoms with Gasteiger partial charge in [-0.05, 0) is 54.7 Å². The Hall–Kier alpha value is -2.42. The summed E-state index contributed by atoms with van der Waals surface area (Å²) in [5.41, 5.74) is 3.79. The first-order chi connectivity index (χ1) is 11.2. The summed E-state index contributed by atoms with van der Waals surface area (Å²) in [6.45, 7) is 0. The lowest BCUT2D eigenvalue weighted by Gasteiger charge is -2.04. The molecule has 4 nitrogen and oxygen atoms in total. The molecule has 0 spiro atoms. The number of nitriles is 1. The molecule has 1 unspecified atom stereocenters. The number of nitrogens with zero attached hydrogens (tertiary/aromatic N) is 2. The van der Waals surface area contributed by atoms with Gasteiger partial charge in [0.1, 0.15) is 0 Å². The Kier molecular flexibility index (Phi) is 3.49.